The number of hydrogen-bond acceptors (Lipinski definition) is 7. The van der Waals surface area contributed by atoms with Crippen LogP contribution in [0.2, 0.25) is 0 Å². The van der Waals surface area contributed by atoms with Gasteiger partial charge in [-0.15, -0.1) is 0 Å². The highest BCUT2D eigenvalue weighted by molar-refractivity contribution is 6.02. The van der Waals surface area contributed by atoms with Crippen LogP contribution in [0.15, 0.2) is 87.2 Å². The Morgan fingerprint density at radius 2 is 1.40 bits per heavy atom. The molecule has 0 bridgehead atoms. The van der Waals surface area contributed by atoms with Gasteiger partial charge in [0.15, 0.2) is 0 Å². The molecule has 7 nitrogen and oxygen atoms in total. The molecule has 2 N–H and O–H groups in total. The Kier molecular flexibility index (Phi) is 5.80. The van der Waals surface area contributed by atoms with E-state index in [1.165, 1.54) is 0 Å². The molecule has 2 aliphatic heterocycles. The van der Waals surface area contributed by atoms with E-state index in [9.17, 15) is 0 Å². The zero-order valence-electron chi connectivity index (χ0n) is 19.3. The number of nitrogens with one attached hydrogen (secondary N) is 2. The Labute approximate surface area is 203 Å². The number of aliphatic imine (C=N–C) groups is 2. The molecule has 35 heavy (non-hydrogen) atoms. The van der Waals surface area contributed by atoms with Gasteiger partial charge in [-0.2, -0.15) is 0 Å². The Morgan fingerprint density at radius 1 is 0.686 bits per heavy atom. The van der Waals surface area contributed by atoms with Crippen molar-refractivity contribution in [2.75, 3.05) is 39.4 Å². The van der Waals surface area contributed by atoms with Gasteiger partial charge in [0, 0.05) is 35.2 Å². The molecule has 4 aromatic rings. The number of furan rings is 1. The van der Waals surface area contributed by atoms with E-state index in [0.29, 0.717) is 13.2 Å². The monoisotopic (exact) mass is 466 g/mol. The van der Waals surface area contributed by atoms with Crippen molar-refractivity contribution in [1.29, 1.82) is 0 Å². The first-order valence-electron chi connectivity index (χ1n) is 11.9. The maximum absolute atomic E-state index is 6.10. The highest BCUT2D eigenvalue weighted by atomic mass is 16.5. The number of fused-ring (bicyclic) bond motifs is 1. The van der Waals surface area contributed by atoms with Crippen molar-refractivity contribution in [2.24, 2.45) is 9.98 Å². The second kappa shape index (κ2) is 9.54. The predicted molar refractivity (Wildman–Crippen MR) is 138 cm³/mol. The molecule has 0 unspecified atom stereocenters. The Hall–Kier alpha value is -4.26. The molecule has 0 atom stereocenters. The lowest BCUT2D eigenvalue weighted by molar-refractivity contribution is 0.217. The topological polar surface area (TPSA) is 80.4 Å². The van der Waals surface area contributed by atoms with Crippen molar-refractivity contribution in [1.82, 2.24) is 10.6 Å². The van der Waals surface area contributed by atoms with E-state index >= 15 is 0 Å². The quantitative estimate of drug-likeness (QED) is 0.380. The summed E-state index contributed by atoms with van der Waals surface area (Å²) in [6, 6.07) is 24.1. The van der Waals surface area contributed by atoms with Crippen molar-refractivity contribution >= 4 is 22.6 Å². The third-order valence-corrected chi connectivity index (χ3v) is 6.01. The van der Waals surface area contributed by atoms with Crippen LogP contribution < -0.4 is 20.1 Å². The lowest BCUT2D eigenvalue weighted by Gasteiger charge is -2.10. The van der Waals surface area contributed by atoms with Crippen LogP contribution >= 0.6 is 0 Å². The molecule has 0 saturated carbocycles. The largest absolute Gasteiger partial charge is 0.490 e. The van der Waals surface area contributed by atoms with Crippen molar-refractivity contribution in [3.05, 3.63) is 83.9 Å². The number of nitrogens with zero attached hydrogens (tertiary/aromatic N) is 2. The van der Waals surface area contributed by atoms with Crippen LogP contribution in [-0.2, 0) is 0 Å². The molecule has 6 rings (SSSR count). The average molecular weight is 467 g/mol. The van der Waals surface area contributed by atoms with Gasteiger partial charge in [0.25, 0.3) is 0 Å². The molecule has 0 fully saturated rings. The highest BCUT2D eigenvalue weighted by Crippen LogP contribution is 2.30. The zero-order valence-corrected chi connectivity index (χ0v) is 19.3. The summed E-state index contributed by atoms with van der Waals surface area (Å²) in [5.41, 5.74) is 3.98. The summed E-state index contributed by atoms with van der Waals surface area (Å²) in [7, 11) is 0. The zero-order chi connectivity index (χ0) is 23.5. The number of rotatable bonds is 8. The van der Waals surface area contributed by atoms with E-state index in [1.807, 2.05) is 60.7 Å². The summed E-state index contributed by atoms with van der Waals surface area (Å²) < 4.78 is 17.9. The molecule has 0 aliphatic carbocycles. The van der Waals surface area contributed by atoms with E-state index in [2.05, 4.69) is 32.8 Å². The summed E-state index contributed by atoms with van der Waals surface area (Å²) in [4.78, 5) is 8.94. The summed E-state index contributed by atoms with van der Waals surface area (Å²) in [6.45, 7) is 4.34. The first kappa shape index (κ1) is 21.3. The third kappa shape index (κ3) is 4.71. The molecule has 3 aromatic carbocycles. The van der Waals surface area contributed by atoms with E-state index < -0.39 is 0 Å². The van der Waals surface area contributed by atoms with E-state index in [-0.39, 0.29) is 0 Å². The average Bonchev–Trinajstić information content (AvgIpc) is 3.68. The van der Waals surface area contributed by atoms with Crippen LogP contribution in [0.1, 0.15) is 11.1 Å². The van der Waals surface area contributed by atoms with Gasteiger partial charge in [-0.25, -0.2) is 0 Å². The lowest BCUT2D eigenvalue weighted by atomic mass is 10.1. The van der Waals surface area contributed by atoms with Gasteiger partial charge in [0.1, 0.15) is 47.7 Å². The molecule has 0 saturated heterocycles. The predicted octanol–water partition coefficient (Wildman–Crippen LogP) is 4.26. The van der Waals surface area contributed by atoms with E-state index in [1.54, 1.807) is 0 Å². The molecule has 2 aliphatic rings. The second-order valence-electron chi connectivity index (χ2n) is 8.43. The number of ether oxygens (including phenoxy) is 2. The lowest BCUT2D eigenvalue weighted by Crippen LogP contribution is -2.19. The number of amidine groups is 2. The first-order chi connectivity index (χ1) is 17.3. The molecular weight excluding hydrogens is 440 g/mol. The van der Waals surface area contributed by atoms with Gasteiger partial charge in [0.05, 0.1) is 13.1 Å². The normalized spacial score (nSPS) is 14.9. The van der Waals surface area contributed by atoms with Gasteiger partial charge in [-0.05, 0) is 60.7 Å². The second-order valence-corrected chi connectivity index (χ2v) is 8.43. The highest BCUT2D eigenvalue weighted by Gasteiger charge is 2.12. The van der Waals surface area contributed by atoms with Gasteiger partial charge in [-0.1, -0.05) is 12.1 Å². The van der Waals surface area contributed by atoms with Crippen LogP contribution in [-0.4, -0.2) is 51.1 Å². The van der Waals surface area contributed by atoms with Crippen molar-refractivity contribution in [2.45, 2.75) is 0 Å². The van der Waals surface area contributed by atoms with Crippen LogP contribution in [0.3, 0.4) is 0 Å². The van der Waals surface area contributed by atoms with Crippen LogP contribution in [0.25, 0.3) is 22.3 Å². The minimum absolute atomic E-state index is 0.443. The SMILES string of the molecule is c1cc(OCCOc2ccc(C3=NCCN3)cc2)cc(-c2cc3cc(C4=NCCN4)ccc3o2)c1. The maximum atomic E-state index is 6.10. The Balaban J connectivity index is 1.07. The molecule has 1 aromatic heterocycles. The number of benzene rings is 3. The van der Waals surface area contributed by atoms with Gasteiger partial charge >= 0.3 is 0 Å². The number of hydrogen-bond donors (Lipinski definition) is 2. The minimum Gasteiger partial charge on any atom is -0.490 e. The summed E-state index contributed by atoms with van der Waals surface area (Å²) >= 11 is 0. The summed E-state index contributed by atoms with van der Waals surface area (Å²) in [6.07, 6.45) is 0. The Morgan fingerprint density at radius 3 is 2.14 bits per heavy atom. The molecule has 7 heteroatoms. The Bertz CT molecular complexity index is 1410. The van der Waals surface area contributed by atoms with Crippen molar-refractivity contribution in [3.63, 3.8) is 0 Å². The van der Waals surface area contributed by atoms with E-state index in [0.717, 1.165) is 82.8 Å². The van der Waals surface area contributed by atoms with Crippen LogP contribution in [0.5, 0.6) is 11.5 Å². The fourth-order valence-corrected chi connectivity index (χ4v) is 4.28. The third-order valence-electron chi connectivity index (χ3n) is 6.01. The molecule has 0 radical (unpaired) electrons. The summed E-state index contributed by atoms with van der Waals surface area (Å²) in [5.74, 6) is 4.29. The fraction of sp³-hybridized carbons (Fsp3) is 0.214. The van der Waals surface area contributed by atoms with Gasteiger partial charge in [0.2, 0.25) is 0 Å². The van der Waals surface area contributed by atoms with Crippen LogP contribution in [0, 0.1) is 0 Å². The first-order valence-corrected chi connectivity index (χ1v) is 11.9. The fourth-order valence-electron chi connectivity index (χ4n) is 4.28. The van der Waals surface area contributed by atoms with Crippen LogP contribution in [0.4, 0.5) is 0 Å². The molecule has 0 spiro atoms. The smallest absolute Gasteiger partial charge is 0.135 e. The van der Waals surface area contributed by atoms with Crippen molar-refractivity contribution in [3.8, 4) is 22.8 Å². The molecule has 3 heterocycles. The maximum Gasteiger partial charge on any atom is 0.135 e. The standard InChI is InChI=1S/C28H26N4O3/c1-2-20(26-18-22-16-21(6-9-25(22)35-26)28-31-12-13-32-28)17-24(3-1)34-15-14-33-23-7-4-19(5-8-23)27-29-10-11-30-27/h1-9,16-18H,10-15H2,(H,29,30)(H,31,32). The van der Waals surface area contributed by atoms with Gasteiger partial charge < -0.3 is 24.5 Å². The van der Waals surface area contributed by atoms with Gasteiger partial charge in [-0.3, -0.25) is 9.98 Å². The van der Waals surface area contributed by atoms with Crippen molar-refractivity contribution < 1.29 is 13.9 Å². The summed E-state index contributed by atoms with van der Waals surface area (Å²) in [5, 5.41) is 7.64. The minimum atomic E-state index is 0.443. The molecule has 176 valence electrons. The molecular formula is C28H26N4O3. The molecule has 0 amide bonds. The van der Waals surface area contributed by atoms with E-state index in [4.69, 9.17) is 13.9 Å².